The highest BCUT2D eigenvalue weighted by Crippen LogP contribution is 2.48. The monoisotopic (exact) mass is 480 g/mol. The highest BCUT2D eigenvalue weighted by atomic mass is 28.3. The lowest BCUT2D eigenvalue weighted by Gasteiger charge is -2.38. The molecule has 1 atom stereocenters. The predicted octanol–water partition coefficient (Wildman–Crippen LogP) is 7.64. The van der Waals surface area contributed by atoms with Crippen molar-refractivity contribution in [2.45, 2.75) is 31.2 Å². The first kappa shape index (κ1) is 23.2. The zero-order chi connectivity index (χ0) is 24.6. The van der Waals surface area contributed by atoms with Gasteiger partial charge < -0.3 is 14.8 Å². The third kappa shape index (κ3) is 4.32. The molecule has 1 aliphatic carbocycles. The fraction of sp³-hybridized carbons (Fsp3) is 0.233. The number of ether oxygens (including phenoxy) is 2. The summed E-state index contributed by atoms with van der Waals surface area (Å²) in [7, 11) is 1.80. The van der Waals surface area contributed by atoms with Crippen LogP contribution in [0.3, 0.4) is 0 Å². The summed E-state index contributed by atoms with van der Waals surface area (Å²) in [5, 5.41) is 6.53. The van der Waals surface area contributed by atoms with E-state index < -0.39 is 13.6 Å². The first-order valence-corrected chi connectivity index (χ1v) is 15.7. The average molecular weight is 481 g/mol. The number of nitrogens with zero attached hydrogens (tertiary/aromatic N) is 1. The number of nitrogens with one attached hydrogen (secondary N) is 1. The summed E-state index contributed by atoms with van der Waals surface area (Å²) in [4.78, 5) is 5.34. The van der Waals surface area contributed by atoms with Gasteiger partial charge >= 0.3 is 0 Å². The largest absolute Gasteiger partial charge is 0.497 e. The van der Waals surface area contributed by atoms with Crippen LogP contribution in [-0.2, 0) is 5.54 Å². The number of hydrogen-bond acceptors (Lipinski definition) is 4. The zero-order valence-electron chi connectivity index (χ0n) is 21.1. The normalized spacial score (nSPS) is 18.1. The number of anilines is 1. The second-order valence-electron chi connectivity index (χ2n) is 10.4. The van der Waals surface area contributed by atoms with E-state index in [1.165, 1.54) is 21.9 Å². The molecule has 1 aliphatic rings. The first-order valence-electron chi connectivity index (χ1n) is 12.0. The quantitative estimate of drug-likeness (QED) is 0.276. The van der Waals surface area contributed by atoms with Crippen molar-refractivity contribution >= 4 is 35.9 Å². The summed E-state index contributed by atoms with van der Waals surface area (Å²) >= 11 is 0. The molecular formula is C30H32N2O2Si. The Bertz CT molecular complexity index is 1380. The first-order chi connectivity index (χ1) is 16.8. The molecule has 0 amide bonds. The molecule has 0 radical (unpaired) electrons. The fourth-order valence-corrected chi connectivity index (χ4v) is 7.30. The molecule has 0 bridgehead atoms. The summed E-state index contributed by atoms with van der Waals surface area (Å²) in [5.41, 5.74) is 5.11. The Morgan fingerprint density at radius 1 is 0.771 bits per heavy atom. The van der Waals surface area contributed by atoms with Crippen molar-refractivity contribution in [3.8, 4) is 11.5 Å². The van der Waals surface area contributed by atoms with Gasteiger partial charge in [0.15, 0.2) is 0 Å². The summed E-state index contributed by atoms with van der Waals surface area (Å²) in [6.45, 7) is 7.29. The van der Waals surface area contributed by atoms with E-state index in [4.69, 9.17) is 14.5 Å². The van der Waals surface area contributed by atoms with Crippen molar-refractivity contribution in [2.24, 2.45) is 4.99 Å². The van der Waals surface area contributed by atoms with Crippen molar-refractivity contribution in [2.75, 3.05) is 19.5 Å². The van der Waals surface area contributed by atoms with Gasteiger partial charge in [0.05, 0.1) is 25.6 Å². The molecule has 0 saturated carbocycles. The molecular weight excluding hydrogens is 448 g/mol. The number of benzene rings is 4. The van der Waals surface area contributed by atoms with Gasteiger partial charge in [-0.25, -0.2) is 4.99 Å². The van der Waals surface area contributed by atoms with Gasteiger partial charge in [-0.1, -0.05) is 56.0 Å². The smallest absolute Gasteiger partial charge is 0.119 e. The van der Waals surface area contributed by atoms with Crippen molar-refractivity contribution in [1.82, 2.24) is 0 Å². The molecule has 5 rings (SSSR count). The lowest BCUT2D eigenvalue weighted by Crippen LogP contribution is -2.46. The molecule has 35 heavy (non-hydrogen) atoms. The Hall–Kier alpha value is -3.57. The van der Waals surface area contributed by atoms with Crippen LogP contribution >= 0.6 is 0 Å². The van der Waals surface area contributed by atoms with E-state index in [-0.39, 0.29) is 0 Å². The second-order valence-corrected chi connectivity index (χ2v) is 15.8. The highest BCUT2D eigenvalue weighted by molar-refractivity contribution is 6.76. The average Bonchev–Trinajstić information content (AvgIpc) is 3.09. The molecule has 0 aliphatic heterocycles. The van der Waals surface area contributed by atoms with Crippen LogP contribution in [0.4, 0.5) is 11.4 Å². The van der Waals surface area contributed by atoms with Gasteiger partial charge in [0.25, 0.3) is 0 Å². The van der Waals surface area contributed by atoms with E-state index >= 15 is 0 Å². The van der Waals surface area contributed by atoms with Gasteiger partial charge in [0.1, 0.15) is 17.0 Å². The minimum atomic E-state index is -1.58. The maximum absolute atomic E-state index is 5.41. The van der Waals surface area contributed by atoms with Crippen LogP contribution in [-0.4, -0.2) is 28.0 Å². The Labute approximate surface area is 208 Å². The lowest BCUT2D eigenvalue weighted by molar-refractivity contribution is 0.414. The second kappa shape index (κ2) is 8.89. The molecule has 5 heteroatoms. The van der Waals surface area contributed by atoms with Crippen LogP contribution in [0.1, 0.15) is 11.1 Å². The van der Waals surface area contributed by atoms with Gasteiger partial charge in [0, 0.05) is 19.3 Å². The van der Waals surface area contributed by atoms with Gasteiger partial charge in [0.2, 0.25) is 0 Å². The standard InChI is InChI=1S/C30H32N2O2Si/c1-33-24-16-12-22(13-17-24)31-29-26-10-6-8-21-9-7-11-27(28(21)26)30(29,20-35(3,4)5)32-23-14-18-25(34-2)19-15-23/h6-19,32H,20H2,1-5H3/t30-/m0/s1. The number of aliphatic imine (C=N–C) groups is 1. The minimum absolute atomic E-state index is 0.442. The molecule has 0 heterocycles. The molecule has 178 valence electrons. The molecule has 1 N–H and O–H groups in total. The molecule has 0 aromatic heterocycles. The van der Waals surface area contributed by atoms with Crippen LogP contribution in [0.15, 0.2) is 89.9 Å². The van der Waals surface area contributed by atoms with E-state index in [0.29, 0.717) is 0 Å². The zero-order valence-corrected chi connectivity index (χ0v) is 22.1. The Morgan fingerprint density at radius 2 is 1.37 bits per heavy atom. The number of methoxy groups -OCH3 is 2. The lowest BCUT2D eigenvalue weighted by atomic mass is 9.90. The van der Waals surface area contributed by atoms with Crippen LogP contribution < -0.4 is 14.8 Å². The van der Waals surface area contributed by atoms with Crippen LogP contribution in [0, 0.1) is 0 Å². The van der Waals surface area contributed by atoms with Crippen molar-refractivity contribution in [3.63, 3.8) is 0 Å². The minimum Gasteiger partial charge on any atom is -0.497 e. The summed E-state index contributed by atoms with van der Waals surface area (Å²) in [6, 6.07) is 30.4. The highest BCUT2D eigenvalue weighted by Gasteiger charge is 2.48. The van der Waals surface area contributed by atoms with Crippen LogP contribution in [0.5, 0.6) is 11.5 Å². The van der Waals surface area contributed by atoms with E-state index in [1.54, 1.807) is 14.2 Å². The van der Waals surface area contributed by atoms with E-state index in [1.807, 2.05) is 36.4 Å². The Morgan fingerprint density at radius 3 is 1.97 bits per heavy atom. The maximum atomic E-state index is 5.41. The van der Waals surface area contributed by atoms with E-state index in [9.17, 15) is 0 Å². The third-order valence-corrected chi connectivity index (χ3v) is 8.17. The van der Waals surface area contributed by atoms with E-state index in [2.05, 4.69) is 73.5 Å². The van der Waals surface area contributed by atoms with Crippen molar-refractivity contribution < 1.29 is 9.47 Å². The maximum Gasteiger partial charge on any atom is 0.119 e. The van der Waals surface area contributed by atoms with E-state index in [0.717, 1.165) is 34.6 Å². The molecule has 4 aromatic rings. The number of rotatable bonds is 7. The summed E-state index contributed by atoms with van der Waals surface area (Å²) in [5.74, 6) is 1.68. The molecule has 4 nitrogen and oxygen atoms in total. The fourth-order valence-electron chi connectivity index (χ4n) is 5.26. The predicted molar refractivity (Wildman–Crippen MR) is 150 cm³/mol. The summed E-state index contributed by atoms with van der Waals surface area (Å²) < 4.78 is 10.8. The SMILES string of the molecule is COc1ccc(N=C2c3cccc4cccc(c34)[C@]2(C[Si](C)(C)C)Nc2ccc(OC)cc2)cc1. The van der Waals surface area contributed by atoms with Gasteiger partial charge in [-0.2, -0.15) is 0 Å². The van der Waals surface area contributed by atoms with Crippen molar-refractivity contribution in [3.05, 3.63) is 96.1 Å². The van der Waals surface area contributed by atoms with Crippen LogP contribution in [0.2, 0.25) is 25.7 Å². The summed E-state index contributed by atoms with van der Waals surface area (Å²) in [6.07, 6.45) is 0. The van der Waals surface area contributed by atoms with Crippen LogP contribution in [0.25, 0.3) is 10.8 Å². The number of hydrogen-bond donors (Lipinski definition) is 1. The Balaban J connectivity index is 1.76. The topological polar surface area (TPSA) is 42.8 Å². The van der Waals surface area contributed by atoms with Gasteiger partial charge in [-0.05, 0) is 70.9 Å². The molecule has 0 spiro atoms. The van der Waals surface area contributed by atoms with Gasteiger partial charge in [-0.3, -0.25) is 0 Å². The molecule has 0 saturated heterocycles. The Kier molecular flexibility index (Phi) is 5.89. The molecule has 4 aromatic carbocycles. The van der Waals surface area contributed by atoms with Gasteiger partial charge in [-0.15, -0.1) is 0 Å². The third-order valence-electron chi connectivity index (χ3n) is 6.58. The molecule has 0 fully saturated rings. The van der Waals surface area contributed by atoms with Crippen molar-refractivity contribution in [1.29, 1.82) is 0 Å². The molecule has 0 unspecified atom stereocenters.